The fourth-order valence-corrected chi connectivity index (χ4v) is 3.23. The van der Waals surface area contributed by atoms with E-state index in [2.05, 4.69) is 53.8 Å². The molecule has 1 aromatic rings. The SMILES string of the molecule is CC1CCCC(N)(Cc2ccc(I)cc2)C1. The highest BCUT2D eigenvalue weighted by Gasteiger charge is 2.30. The van der Waals surface area contributed by atoms with Crippen molar-refractivity contribution >= 4 is 22.6 Å². The monoisotopic (exact) mass is 329 g/mol. The maximum absolute atomic E-state index is 6.52. The molecule has 0 bridgehead atoms. The fourth-order valence-electron chi connectivity index (χ4n) is 2.87. The molecule has 1 fully saturated rings. The first-order chi connectivity index (χ1) is 7.57. The van der Waals surface area contributed by atoms with Crippen LogP contribution in [0.25, 0.3) is 0 Å². The first-order valence-corrected chi connectivity index (χ1v) is 7.19. The second kappa shape index (κ2) is 5.05. The minimum Gasteiger partial charge on any atom is -0.325 e. The minimum absolute atomic E-state index is 0.0461. The Hall–Kier alpha value is -0.0900. The molecule has 1 saturated carbocycles. The van der Waals surface area contributed by atoms with Crippen LogP contribution < -0.4 is 5.73 Å². The molecule has 16 heavy (non-hydrogen) atoms. The normalized spacial score (nSPS) is 30.3. The average molecular weight is 329 g/mol. The third kappa shape index (κ3) is 3.20. The summed E-state index contributed by atoms with van der Waals surface area (Å²) in [6.07, 6.45) is 6.05. The molecule has 2 atom stereocenters. The topological polar surface area (TPSA) is 26.0 Å². The Balaban J connectivity index is 2.05. The van der Waals surface area contributed by atoms with Crippen molar-refractivity contribution in [2.24, 2.45) is 11.7 Å². The van der Waals surface area contributed by atoms with Crippen molar-refractivity contribution in [3.63, 3.8) is 0 Å². The Labute approximate surface area is 112 Å². The van der Waals surface area contributed by atoms with Gasteiger partial charge in [-0.2, -0.15) is 0 Å². The van der Waals surface area contributed by atoms with Gasteiger partial charge in [-0.3, -0.25) is 0 Å². The molecule has 1 aromatic carbocycles. The largest absolute Gasteiger partial charge is 0.325 e. The Bertz CT molecular complexity index is 346. The van der Waals surface area contributed by atoms with Gasteiger partial charge in [0, 0.05) is 9.11 Å². The Morgan fingerprint density at radius 3 is 2.69 bits per heavy atom. The standard InChI is InChI=1S/C14H20IN/c1-11-3-2-8-14(16,9-11)10-12-4-6-13(15)7-5-12/h4-7,11H,2-3,8-10,16H2,1H3. The van der Waals surface area contributed by atoms with E-state index in [9.17, 15) is 0 Å². The van der Waals surface area contributed by atoms with E-state index in [0.29, 0.717) is 0 Å². The van der Waals surface area contributed by atoms with Crippen molar-refractivity contribution in [1.82, 2.24) is 0 Å². The summed E-state index contributed by atoms with van der Waals surface area (Å²) in [5.74, 6) is 0.794. The van der Waals surface area contributed by atoms with Gasteiger partial charge in [-0.25, -0.2) is 0 Å². The lowest BCUT2D eigenvalue weighted by molar-refractivity contribution is 0.235. The van der Waals surface area contributed by atoms with E-state index in [1.165, 1.54) is 34.8 Å². The van der Waals surface area contributed by atoms with Crippen LogP contribution in [-0.4, -0.2) is 5.54 Å². The van der Waals surface area contributed by atoms with Crippen LogP contribution in [0.3, 0.4) is 0 Å². The molecule has 0 heterocycles. The van der Waals surface area contributed by atoms with Gasteiger partial charge < -0.3 is 5.73 Å². The van der Waals surface area contributed by atoms with Crippen LogP contribution >= 0.6 is 22.6 Å². The number of hydrogen-bond acceptors (Lipinski definition) is 1. The lowest BCUT2D eigenvalue weighted by Gasteiger charge is -2.37. The molecule has 0 saturated heterocycles. The highest BCUT2D eigenvalue weighted by atomic mass is 127. The van der Waals surface area contributed by atoms with Crippen molar-refractivity contribution in [2.45, 2.75) is 44.6 Å². The second-order valence-electron chi connectivity index (χ2n) is 5.37. The molecule has 2 unspecified atom stereocenters. The zero-order valence-corrected chi connectivity index (χ0v) is 12.0. The van der Waals surface area contributed by atoms with Crippen molar-refractivity contribution in [3.8, 4) is 0 Å². The summed E-state index contributed by atoms with van der Waals surface area (Å²) in [5.41, 5.74) is 7.95. The van der Waals surface area contributed by atoms with Gasteiger partial charge in [0.05, 0.1) is 0 Å². The lowest BCUT2D eigenvalue weighted by Crippen LogP contribution is -2.45. The summed E-state index contributed by atoms with van der Waals surface area (Å²) in [6.45, 7) is 2.33. The third-order valence-electron chi connectivity index (χ3n) is 3.60. The van der Waals surface area contributed by atoms with E-state index in [1.54, 1.807) is 0 Å². The average Bonchev–Trinajstić information content (AvgIpc) is 2.21. The van der Waals surface area contributed by atoms with Crippen LogP contribution in [0.1, 0.15) is 38.2 Å². The molecular formula is C14H20IN. The summed E-state index contributed by atoms with van der Waals surface area (Å²) in [7, 11) is 0. The predicted octanol–water partition coefficient (Wildman–Crippen LogP) is 3.74. The molecule has 1 aliphatic rings. The predicted molar refractivity (Wildman–Crippen MR) is 77.4 cm³/mol. The molecule has 88 valence electrons. The van der Waals surface area contributed by atoms with Gasteiger partial charge in [-0.15, -0.1) is 0 Å². The van der Waals surface area contributed by atoms with Crippen molar-refractivity contribution < 1.29 is 0 Å². The summed E-state index contributed by atoms with van der Waals surface area (Å²) in [5, 5.41) is 0. The fraction of sp³-hybridized carbons (Fsp3) is 0.571. The molecular weight excluding hydrogens is 309 g/mol. The van der Waals surface area contributed by atoms with Crippen molar-refractivity contribution in [3.05, 3.63) is 33.4 Å². The molecule has 0 radical (unpaired) electrons. The molecule has 2 rings (SSSR count). The van der Waals surface area contributed by atoms with E-state index in [0.717, 1.165) is 12.3 Å². The molecule has 0 aliphatic heterocycles. The van der Waals surface area contributed by atoms with Crippen molar-refractivity contribution in [1.29, 1.82) is 0 Å². The molecule has 2 heteroatoms. The molecule has 1 aliphatic carbocycles. The van der Waals surface area contributed by atoms with Crippen LogP contribution in [0, 0.1) is 9.49 Å². The highest BCUT2D eigenvalue weighted by molar-refractivity contribution is 14.1. The Kier molecular flexibility index (Phi) is 3.90. The van der Waals surface area contributed by atoms with E-state index in [-0.39, 0.29) is 5.54 Å². The van der Waals surface area contributed by atoms with Gasteiger partial charge in [0.1, 0.15) is 0 Å². The van der Waals surface area contributed by atoms with E-state index < -0.39 is 0 Å². The second-order valence-corrected chi connectivity index (χ2v) is 6.61. The smallest absolute Gasteiger partial charge is 0.0197 e. The third-order valence-corrected chi connectivity index (χ3v) is 4.32. The number of benzene rings is 1. The molecule has 1 nitrogen and oxygen atoms in total. The first-order valence-electron chi connectivity index (χ1n) is 6.11. The van der Waals surface area contributed by atoms with Gasteiger partial charge in [-0.05, 0) is 65.5 Å². The number of nitrogens with two attached hydrogens (primary N) is 1. The van der Waals surface area contributed by atoms with Crippen LogP contribution in [0.5, 0.6) is 0 Å². The van der Waals surface area contributed by atoms with Crippen LogP contribution in [0.2, 0.25) is 0 Å². The van der Waals surface area contributed by atoms with Crippen molar-refractivity contribution in [2.75, 3.05) is 0 Å². The summed E-state index contributed by atoms with van der Waals surface area (Å²) >= 11 is 2.34. The Morgan fingerprint density at radius 1 is 1.38 bits per heavy atom. The Morgan fingerprint density at radius 2 is 2.06 bits per heavy atom. The number of hydrogen-bond donors (Lipinski definition) is 1. The zero-order chi connectivity index (χ0) is 11.6. The quantitative estimate of drug-likeness (QED) is 0.822. The number of rotatable bonds is 2. The maximum atomic E-state index is 6.52. The lowest BCUT2D eigenvalue weighted by atomic mass is 9.74. The van der Waals surface area contributed by atoms with Gasteiger partial charge in [-0.1, -0.05) is 31.9 Å². The number of halogens is 1. The van der Waals surface area contributed by atoms with Gasteiger partial charge in [0.15, 0.2) is 0 Å². The summed E-state index contributed by atoms with van der Waals surface area (Å²) in [6, 6.07) is 8.78. The van der Waals surface area contributed by atoms with Gasteiger partial charge in [0.25, 0.3) is 0 Å². The van der Waals surface area contributed by atoms with E-state index in [4.69, 9.17) is 5.73 Å². The minimum atomic E-state index is 0.0461. The summed E-state index contributed by atoms with van der Waals surface area (Å²) in [4.78, 5) is 0. The molecule has 0 aromatic heterocycles. The van der Waals surface area contributed by atoms with E-state index >= 15 is 0 Å². The van der Waals surface area contributed by atoms with Crippen LogP contribution in [0.4, 0.5) is 0 Å². The van der Waals surface area contributed by atoms with Gasteiger partial charge >= 0.3 is 0 Å². The van der Waals surface area contributed by atoms with Crippen LogP contribution in [0.15, 0.2) is 24.3 Å². The summed E-state index contributed by atoms with van der Waals surface area (Å²) < 4.78 is 1.30. The van der Waals surface area contributed by atoms with Crippen LogP contribution in [-0.2, 0) is 6.42 Å². The first kappa shape index (κ1) is 12.4. The molecule has 0 amide bonds. The van der Waals surface area contributed by atoms with E-state index in [1.807, 2.05) is 0 Å². The molecule has 0 spiro atoms. The molecule has 2 N–H and O–H groups in total. The van der Waals surface area contributed by atoms with Gasteiger partial charge in [0.2, 0.25) is 0 Å². The highest BCUT2D eigenvalue weighted by Crippen LogP contribution is 2.32. The maximum Gasteiger partial charge on any atom is 0.0197 e. The zero-order valence-electron chi connectivity index (χ0n) is 9.88.